The van der Waals surface area contributed by atoms with Gasteiger partial charge in [0.2, 0.25) is 0 Å². The molecule has 9 atom stereocenters. The molecule has 2 saturated heterocycles. The second kappa shape index (κ2) is 7.25. The van der Waals surface area contributed by atoms with E-state index < -0.39 is 61.7 Å². The Morgan fingerprint density at radius 2 is 1.86 bits per heavy atom. The van der Waals surface area contributed by atoms with Crippen molar-refractivity contribution in [3.63, 3.8) is 0 Å². The van der Waals surface area contributed by atoms with Crippen molar-refractivity contribution in [2.75, 3.05) is 13.2 Å². The van der Waals surface area contributed by atoms with Crippen LogP contribution in [0.3, 0.4) is 0 Å². The summed E-state index contributed by atoms with van der Waals surface area (Å²) < 4.78 is 15.5. The quantitative estimate of drug-likeness (QED) is 0.271. The van der Waals surface area contributed by atoms with E-state index >= 15 is 0 Å². The van der Waals surface area contributed by atoms with Gasteiger partial charge in [0.15, 0.2) is 12.6 Å². The topological polar surface area (TPSA) is 166 Å². The van der Waals surface area contributed by atoms with Crippen molar-refractivity contribution in [1.29, 1.82) is 0 Å². The van der Waals surface area contributed by atoms with E-state index in [-0.39, 0.29) is 12.9 Å². The Morgan fingerprint density at radius 1 is 1.18 bits per heavy atom. The minimum absolute atomic E-state index is 0.197. The molecule has 10 nitrogen and oxygen atoms in total. The van der Waals surface area contributed by atoms with Gasteiger partial charge in [0.05, 0.1) is 13.2 Å². The highest BCUT2D eigenvalue weighted by Crippen LogP contribution is 2.27. The Hall–Kier alpha value is -0.690. The number of carbonyl (C=O) groups excluding carboxylic acids is 1. The first-order valence-corrected chi connectivity index (χ1v) is 6.79. The summed E-state index contributed by atoms with van der Waals surface area (Å²) in [6.45, 7) is -0.827. The molecule has 0 aromatic carbocycles. The summed E-state index contributed by atoms with van der Waals surface area (Å²) in [5.74, 6) is 0. The molecule has 0 radical (unpaired) electrons. The molecule has 10 heteroatoms. The molecular weight excluding hydrogens is 304 g/mol. The highest BCUT2D eigenvalue weighted by Gasteiger charge is 2.49. The first-order valence-electron chi connectivity index (χ1n) is 6.79. The largest absolute Gasteiger partial charge is 0.394 e. The number of rotatable bonds is 5. The zero-order chi connectivity index (χ0) is 16.4. The number of carbonyl (C=O) groups is 1. The van der Waals surface area contributed by atoms with Crippen molar-refractivity contribution in [2.45, 2.75) is 55.1 Å². The Labute approximate surface area is 125 Å². The lowest BCUT2D eigenvalue weighted by atomic mass is 9.99. The fourth-order valence-electron chi connectivity index (χ4n) is 2.49. The summed E-state index contributed by atoms with van der Waals surface area (Å²) in [5, 5.41) is 57.6. The van der Waals surface area contributed by atoms with E-state index in [9.17, 15) is 30.3 Å². The molecule has 0 aliphatic carbocycles. The molecular formula is C12H20O10. The molecule has 2 aliphatic heterocycles. The lowest BCUT2D eigenvalue weighted by molar-refractivity contribution is -0.318. The molecule has 0 aromatic rings. The minimum atomic E-state index is -1.65. The Balaban J connectivity index is 2.08. The van der Waals surface area contributed by atoms with Crippen molar-refractivity contribution in [3.05, 3.63) is 0 Å². The Morgan fingerprint density at radius 3 is 2.45 bits per heavy atom. The standard InChI is InChI=1S/C12H20O10/c13-1-4(15)10-11(5(16)3-20-10)22-12-9(19)8(18)7(17)6(2-14)21-12/h1,4-12,14-19H,2-3H2. The van der Waals surface area contributed by atoms with Crippen molar-refractivity contribution in [1.82, 2.24) is 0 Å². The summed E-state index contributed by atoms with van der Waals surface area (Å²) >= 11 is 0. The van der Waals surface area contributed by atoms with Gasteiger partial charge in [0, 0.05) is 0 Å². The van der Waals surface area contributed by atoms with Crippen molar-refractivity contribution >= 4 is 6.29 Å². The van der Waals surface area contributed by atoms with Crippen molar-refractivity contribution in [3.8, 4) is 0 Å². The predicted octanol–water partition coefficient (Wildman–Crippen LogP) is -4.51. The van der Waals surface area contributed by atoms with Crippen LogP contribution >= 0.6 is 0 Å². The molecule has 0 bridgehead atoms. The lowest BCUT2D eigenvalue weighted by Gasteiger charge is -2.41. The van der Waals surface area contributed by atoms with E-state index in [0.29, 0.717) is 0 Å². The highest BCUT2D eigenvalue weighted by molar-refractivity contribution is 5.57. The number of aldehydes is 1. The second-order valence-corrected chi connectivity index (χ2v) is 5.29. The molecule has 2 heterocycles. The van der Waals surface area contributed by atoms with E-state index in [2.05, 4.69) is 0 Å². The van der Waals surface area contributed by atoms with E-state index in [1.165, 1.54) is 0 Å². The summed E-state index contributed by atoms with van der Waals surface area (Å²) in [4.78, 5) is 10.6. The van der Waals surface area contributed by atoms with Gasteiger partial charge in [-0.1, -0.05) is 0 Å². The average molecular weight is 324 g/mol. The van der Waals surface area contributed by atoms with Gasteiger partial charge < -0.3 is 49.6 Å². The minimum Gasteiger partial charge on any atom is -0.394 e. The number of hydrogen-bond acceptors (Lipinski definition) is 10. The average Bonchev–Trinajstić information content (AvgIpc) is 2.88. The van der Waals surface area contributed by atoms with E-state index in [1.807, 2.05) is 0 Å². The summed E-state index contributed by atoms with van der Waals surface area (Å²) in [6, 6.07) is 0. The van der Waals surface area contributed by atoms with E-state index in [4.69, 9.17) is 19.3 Å². The summed E-state index contributed by atoms with van der Waals surface area (Å²) in [6.07, 6.45) is -12.4. The van der Waals surface area contributed by atoms with Crippen molar-refractivity contribution < 1.29 is 49.6 Å². The summed E-state index contributed by atoms with van der Waals surface area (Å²) in [5.41, 5.74) is 0. The molecule has 0 spiro atoms. The molecule has 9 unspecified atom stereocenters. The maximum Gasteiger partial charge on any atom is 0.187 e. The number of aliphatic hydroxyl groups excluding tert-OH is 6. The molecule has 128 valence electrons. The van der Waals surface area contributed by atoms with Crippen LogP contribution < -0.4 is 0 Å². The monoisotopic (exact) mass is 324 g/mol. The molecule has 22 heavy (non-hydrogen) atoms. The molecule has 0 saturated carbocycles. The van der Waals surface area contributed by atoms with Gasteiger partial charge in [-0.3, -0.25) is 0 Å². The highest BCUT2D eigenvalue weighted by atomic mass is 16.7. The van der Waals surface area contributed by atoms with E-state index in [1.54, 1.807) is 0 Å². The van der Waals surface area contributed by atoms with Gasteiger partial charge in [-0.2, -0.15) is 0 Å². The van der Waals surface area contributed by atoms with Gasteiger partial charge in [0.1, 0.15) is 48.8 Å². The third-order valence-corrected chi connectivity index (χ3v) is 3.78. The lowest BCUT2D eigenvalue weighted by Crippen LogP contribution is -2.60. The van der Waals surface area contributed by atoms with Crippen LogP contribution in [0, 0.1) is 0 Å². The normalized spacial score (nSPS) is 47.4. The molecule has 2 rings (SSSR count). The maximum absolute atomic E-state index is 10.6. The van der Waals surface area contributed by atoms with Crippen LogP contribution in [0.1, 0.15) is 0 Å². The zero-order valence-electron chi connectivity index (χ0n) is 11.5. The predicted molar refractivity (Wildman–Crippen MR) is 66.5 cm³/mol. The van der Waals surface area contributed by atoms with Crippen LogP contribution in [-0.2, 0) is 19.0 Å². The van der Waals surface area contributed by atoms with Gasteiger partial charge in [-0.15, -0.1) is 0 Å². The van der Waals surface area contributed by atoms with Crippen LogP contribution in [0.2, 0.25) is 0 Å². The molecule has 0 amide bonds. The van der Waals surface area contributed by atoms with Crippen LogP contribution in [-0.4, -0.2) is 105 Å². The van der Waals surface area contributed by atoms with Crippen molar-refractivity contribution in [2.24, 2.45) is 0 Å². The molecule has 0 aromatic heterocycles. The van der Waals surface area contributed by atoms with Crippen LogP contribution in [0.5, 0.6) is 0 Å². The van der Waals surface area contributed by atoms with Gasteiger partial charge in [0.25, 0.3) is 0 Å². The fourth-order valence-corrected chi connectivity index (χ4v) is 2.49. The first kappa shape index (κ1) is 17.7. The van der Waals surface area contributed by atoms with Gasteiger partial charge in [-0.25, -0.2) is 0 Å². The van der Waals surface area contributed by atoms with Crippen LogP contribution in [0.15, 0.2) is 0 Å². The van der Waals surface area contributed by atoms with Crippen LogP contribution in [0.25, 0.3) is 0 Å². The third-order valence-electron chi connectivity index (χ3n) is 3.78. The number of aliphatic hydroxyl groups is 6. The third kappa shape index (κ3) is 3.30. The molecule has 2 fully saturated rings. The van der Waals surface area contributed by atoms with E-state index in [0.717, 1.165) is 0 Å². The molecule has 2 aliphatic rings. The summed E-state index contributed by atoms with van der Waals surface area (Å²) in [7, 11) is 0. The second-order valence-electron chi connectivity index (χ2n) is 5.29. The number of ether oxygens (including phenoxy) is 3. The smallest absolute Gasteiger partial charge is 0.187 e. The fraction of sp³-hybridized carbons (Fsp3) is 0.917. The van der Waals surface area contributed by atoms with Gasteiger partial charge in [-0.05, 0) is 0 Å². The first-order chi connectivity index (χ1) is 10.4. The number of hydrogen-bond donors (Lipinski definition) is 6. The van der Waals surface area contributed by atoms with Crippen LogP contribution in [0.4, 0.5) is 0 Å². The zero-order valence-corrected chi connectivity index (χ0v) is 11.5. The van der Waals surface area contributed by atoms with Gasteiger partial charge >= 0.3 is 0 Å². The Bertz CT molecular complexity index is 377. The molecule has 6 N–H and O–H groups in total. The SMILES string of the molecule is O=CC(O)C1OCC(O)C1OC1OC(CO)C(O)C(O)C1O. The maximum atomic E-state index is 10.6. The Kier molecular flexibility index (Phi) is 5.82.